The van der Waals surface area contributed by atoms with E-state index >= 15 is 0 Å². The van der Waals surface area contributed by atoms with Gasteiger partial charge in [0.2, 0.25) is 0 Å². The first-order valence-electron chi connectivity index (χ1n) is 4.44. The van der Waals surface area contributed by atoms with Gasteiger partial charge in [-0.15, -0.1) is 0 Å². The minimum atomic E-state index is 0.859. The van der Waals surface area contributed by atoms with Crippen LogP contribution in [0.1, 0.15) is 23.6 Å². The van der Waals surface area contributed by atoms with Gasteiger partial charge in [-0.05, 0) is 43.0 Å². The van der Waals surface area contributed by atoms with E-state index in [1.165, 1.54) is 5.56 Å². The van der Waals surface area contributed by atoms with Crippen molar-refractivity contribution in [3.8, 4) is 5.75 Å². The Morgan fingerprint density at radius 2 is 2.00 bits per heavy atom. The lowest BCUT2D eigenvalue weighted by molar-refractivity contribution is 0.409. The van der Waals surface area contributed by atoms with E-state index in [1.54, 1.807) is 7.11 Å². The molecule has 0 aliphatic carbocycles. The zero-order valence-electron chi connectivity index (χ0n) is 8.57. The largest absolute Gasteiger partial charge is 0.496 e. The Balaban J connectivity index is 3.39. The van der Waals surface area contributed by atoms with Crippen LogP contribution in [-0.2, 0) is 6.42 Å². The maximum atomic E-state index is 6.13. The molecule has 0 fully saturated rings. The summed E-state index contributed by atoms with van der Waals surface area (Å²) in [5.74, 6) is 0.946. The third kappa shape index (κ3) is 1.80. The molecule has 72 valence electrons. The molecule has 0 radical (unpaired) electrons. The lowest BCUT2D eigenvalue weighted by Crippen LogP contribution is -1.96. The van der Waals surface area contributed by atoms with Crippen LogP contribution in [0.2, 0.25) is 5.02 Å². The van der Waals surface area contributed by atoms with Crippen molar-refractivity contribution in [2.24, 2.45) is 0 Å². The van der Waals surface area contributed by atoms with Gasteiger partial charge in [0.25, 0.3) is 0 Å². The average Bonchev–Trinajstić information content (AvgIpc) is 2.13. The van der Waals surface area contributed by atoms with Crippen LogP contribution in [-0.4, -0.2) is 7.11 Å². The lowest BCUT2D eigenvalue weighted by atomic mass is 10.0. The van der Waals surface area contributed by atoms with Gasteiger partial charge < -0.3 is 4.74 Å². The molecule has 1 aromatic carbocycles. The fraction of sp³-hybridized carbons (Fsp3) is 0.455. The molecule has 1 nitrogen and oxygen atoms in total. The van der Waals surface area contributed by atoms with Gasteiger partial charge in [0.1, 0.15) is 5.75 Å². The number of benzene rings is 1. The summed E-state index contributed by atoms with van der Waals surface area (Å²) in [4.78, 5) is 0. The van der Waals surface area contributed by atoms with Gasteiger partial charge in [0, 0.05) is 5.02 Å². The molecule has 0 aliphatic heterocycles. The second-order valence-electron chi connectivity index (χ2n) is 3.17. The van der Waals surface area contributed by atoms with Crippen molar-refractivity contribution in [1.82, 2.24) is 0 Å². The third-order valence-electron chi connectivity index (χ3n) is 2.35. The molecule has 0 N–H and O–H groups in total. The molecule has 0 amide bonds. The fourth-order valence-corrected chi connectivity index (χ4v) is 1.75. The van der Waals surface area contributed by atoms with Gasteiger partial charge in [-0.3, -0.25) is 0 Å². The molecule has 2 heteroatoms. The van der Waals surface area contributed by atoms with Crippen molar-refractivity contribution in [3.05, 3.63) is 27.8 Å². The summed E-state index contributed by atoms with van der Waals surface area (Å²) < 4.78 is 5.29. The summed E-state index contributed by atoms with van der Waals surface area (Å²) in [6.07, 6.45) is 0.953. The van der Waals surface area contributed by atoms with Crippen LogP contribution in [0.25, 0.3) is 0 Å². The van der Waals surface area contributed by atoms with Crippen LogP contribution in [0.5, 0.6) is 5.75 Å². The standard InChI is InChI=1S/C11H15ClO/c1-5-9-8(3)11(12)7(2)6-10(9)13-4/h6H,5H2,1-4H3. The number of methoxy groups -OCH3 is 1. The molecule has 0 aromatic heterocycles. The number of aryl methyl sites for hydroxylation is 1. The number of ether oxygens (including phenoxy) is 1. The van der Waals surface area contributed by atoms with E-state index in [9.17, 15) is 0 Å². The van der Waals surface area contributed by atoms with Crippen molar-refractivity contribution in [3.63, 3.8) is 0 Å². The van der Waals surface area contributed by atoms with Gasteiger partial charge >= 0.3 is 0 Å². The molecule has 0 atom stereocenters. The van der Waals surface area contributed by atoms with Crippen LogP contribution < -0.4 is 4.74 Å². The highest BCUT2D eigenvalue weighted by Gasteiger charge is 2.10. The first-order chi connectivity index (χ1) is 6.11. The van der Waals surface area contributed by atoms with Crippen molar-refractivity contribution in [1.29, 1.82) is 0 Å². The molecule has 0 saturated heterocycles. The second-order valence-corrected chi connectivity index (χ2v) is 3.54. The molecule has 0 aliphatic rings. The topological polar surface area (TPSA) is 9.23 Å². The molecule has 0 saturated carbocycles. The van der Waals surface area contributed by atoms with Gasteiger partial charge in [-0.1, -0.05) is 18.5 Å². The Hall–Kier alpha value is -0.690. The van der Waals surface area contributed by atoms with Gasteiger partial charge in [0.05, 0.1) is 7.11 Å². The summed E-state index contributed by atoms with van der Waals surface area (Å²) in [7, 11) is 1.70. The highest BCUT2D eigenvalue weighted by molar-refractivity contribution is 6.32. The normalized spacial score (nSPS) is 10.2. The Morgan fingerprint density at radius 1 is 1.38 bits per heavy atom. The van der Waals surface area contributed by atoms with E-state index in [0.717, 1.165) is 28.3 Å². The highest BCUT2D eigenvalue weighted by Crippen LogP contribution is 2.31. The van der Waals surface area contributed by atoms with E-state index in [-0.39, 0.29) is 0 Å². The molecule has 0 spiro atoms. The molecule has 0 heterocycles. The van der Waals surface area contributed by atoms with Crippen molar-refractivity contribution in [2.45, 2.75) is 27.2 Å². The molecular formula is C11H15ClO. The van der Waals surface area contributed by atoms with Crippen LogP contribution in [0.15, 0.2) is 6.07 Å². The zero-order chi connectivity index (χ0) is 10.0. The molecule has 1 aromatic rings. The minimum absolute atomic E-state index is 0.859. The Bertz CT molecular complexity index is 318. The number of hydrogen-bond acceptors (Lipinski definition) is 1. The molecular weight excluding hydrogens is 184 g/mol. The van der Waals surface area contributed by atoms with Crippen molar-refractivity contribution >= 4 is 11.6 Å². The third-order valence-corrected chi connectivity index (χ3v) is 2.93. The average molecular weight is 199 g/mol. The summed E-state index contributed by atoms with van der Waals surface area (Å²) >= 11 is 6.13. The van der Waals surface area contributed by atoms with E-state index in [4.69, 9.17) is 16.3 Å². The SMILES string of the molecule is CCc1c(OC)cc(C)c(Cl)c1C. The first-order valence-corrected chi connectivity index (χ1v) is 4.82. The quantitative estimate of drug-likeness (QED) is 0.707. The lowest BCUT2D eigenvalue weighted by Gasteiger charge is -2.13. The van der Waals surface area contributed by atoms with Gasteiger partial charge in [-0.25, -0.2) is 0 Å². The van der Waals surface area contributed by atoms with Crippen molar-refractivity contribution in [2.75, 3.05) is 7.11 Å². The summed E-state index contributed by atoms with van der Waals surface area (Å²) in [5, 5.41) is 0.859. The summed E-state index contributed by atoms with van der Waals surface area (Å²) in [6.45, 7) is 6.14. The highest BCUT2D eigenvalue weighted by atomic mass is 35.5. The molecule has 0 unspecified atom stereocenters. The van der Waals surface area contributed by atoms with E-state index in [1.807, 2.05) is 19.9 Å². The first kappa shape index (κ1) is 10.4. The summed E-state index contributed by atoms with van der Waals surface area (Å²) in [5.41, 5.74) is 3.42. The zero-order valence-corrected chi connectivity index (χ0v) is 9.33. The predicted molar refractivity (Wildman–Crippen MR) is 56.9 cm³/mol. The number of hydrogen-bond donors (Lipinski definition) is 0. The van der Waals surface area contributed by atoms with Crippen LogP contribution in [0.3, 0.4) is 0 Å². The minimum Gasteiger partial charge on any atom is -0.496 e. The smallest absolute Gasteiger partial charge is 0.122 e. The van der Waals surface area contributed by atoms with Crippen LogP contribution in [0, 0.1) is 13.8 Å². The second kappa shape index (κ2) is 4.01. The maximum Gasteiger partial charge on any atom is 0.122 e. The summed E-state index contributed by atoms with van der Waals surface area (Å²) in [6, 6.07) is 1.99. The monoisotopic (exact) mass is 198 g/mol. The Morgan fingerprint density at radius 3 is 2.46 bits per heavy atom. The van der Waals surface area contributed by atoms with Gasteiger partial charge in [-0.2, -0.15) is 0 Å². The molecule has 13 heavy (non-hydrogen) atoms. The van der Waals surface area contributed by atoms with E-state index in [0.29, 0.717) is 0 Å². The number of halogens is 1. The Labute approximate surface area is 84.7 Å². The van der Waals surface area contributed by atoms with Crippen LogP contribution >= 0.6 is 11.6 Å². The van der Waals surface area contributed by atoms with E-state index < -0.39 is 0 Å². The predicted octanol–water partition coefficient (Wildman–Crippen LogP) is 3.53. The van der Waals surface area contributed by atoms with Gasteiger partial charge in [0.15, 0.2) is 0 Å². The van der Waals surface area contributed by atoms with Crippen LogP contribution in [0.4, 0.5) is 0 Å². The van der Waals surface area contributed by atoms with E-state index in [2.05, 4.69) is 6.92 Å². The van der Waals surface area contributed by atoms with Crippen molar-refractivity contribution < 1.29 is 4.74 Å². The fourth-order valence-electron chi connectivity index (χ4n) is 1.58. The number of rotatable bonds is 2. The Kier molecular flexibility index (Phi) is 3.21. The molecule has 1 rings (SSSR count). The maximum absolute atomic E-state index is 6.13. The molecule has 0 bridgehead atoms.